The van der Waals surface area contributed by atoms with Gasteiger partial charge >= 0.3 is 0 Å². The average Bonchev–Trinajstić information content (AvgIpc) is 2.65. The van der Waals surface area contributed by atoms with Gasteiger partial charge in [-0.3, -0.25) is 0 Å². The Labute approximate surface area is 107 Å². The van der Waals surface area contributed by atoms with Gasteiger partial charge < -0.3 is 5.32 Å². The number of hydrogen-bond acceptors (Lipinski definition) is 2. The normalized spacial score (nSPS) is 22.4. The summed E-state index contributed by atoms with van der Waals surface area (Å²) in [4.78, 5) is 1.26. The Morgan fingerprint density at radius 3 is 3.06 bits per heavy atom. The molecule has 1 aliphatic rings. The summed E-state index contributed by atoms with van der Waals surface area (Å²) < 4.78 is 0.870. The lowest BCUT2D eigenvalue weighted by Crippen LogP contribution is -2.33. The van der Waals surface area contributed by atoms with E-state index in [1.165, 1.54) is 36.3 Å². The first-order valence-corrected chi connectivity index (χ1v) is 7.09. The summed E-state index contributed by atoms with van der Waals surface area (Å²) in [5, 5.41) is 3.58. The van der Waals surface area contributed by atoms with Crippen LogP contribution in [0.15, 0.2) is 17.7 Å². The zero-order chi connectivity index (χ0) is 11.4. The largest absolute Gasteiger partial charge is 0.314 e. The summed E-state index contributed by atoms with van der Waals surface area (Å²) in [7, 11) is 0. The third-order valence-corrected chi connectivity index (χ3v) is 4.14. The van der Waals surface area contributed by atoms with Gasteiger partial charge in [0.15, 0.2) is 0 Å². The second kappa shape index (κ2) is 5.85. The van der Waals surface area contributed by atoms with Crippen molar-refractivity contribution in [2.24, 2.45) is 0 Å². The van der Waals surface area contributed by atoms with E-state index in [0.717, 1.165) is 10.8 Å². The molecule has 0 saturated carbocycles. The van der Waals surface area contributed by atoms with Gasteiger partial charge in [0.1, 0.15) is 0 Å². The maximum atomic E-state index is 5.91. The third kappa shape index (κ3) is 3.62. The average molecular weight is 256 g/mol. The molecule has 0 radical (unpaired) electrons. The monoisotopic (exact) mass is 255 g/mol. The van der Waals surface area contributed by atoms with Crippen LogP contribution in [0.3, 0.4) is 0 Å². The Hall–Kier alpha value is -0.310. The first kappa shape index (κ1) is 12.2. The van der Waals surface area contributed by atoms with Crippen LogP contribution in [0, 0.1) is 0 Å². The molecule has 1 N–H and O–H groups in total. The van der Waals surface area contributed by atoms with E-state index in [0.29, 0.717) is 6.04 Å². The van der Waals surface area contributed by atoms with Crippen molar-refractivity contribution >= 4 is 29.0 Å². The van der Waals surface area contributed by atoms with Crippen LogP contribution < -0.4 is 5.32 Å². The summed E-state index contributed by atoms with van der Waals surface area (Å²) in [6.45, 7) is 3.40. The van der Waals surface area contributed by atoms with Crippen molar-refractivity contribution in [2.75, 3.05) is 6.54 Å². The lowest BCUT2D eigenvalue weighted by atomic mass is 9.98. The van der Waals surface area contributed by atoms with Crippen LogP contribution in [0.1, 0.15) is 37.5 Å². The number of halogens is 1. The number of nitrogens with one attached hydrogen (secondary N) is 1. The molecular weight excluding hydrogens is 238 g/mol. The highest BCUT2D eigenvalue weighted by molar-refractivity contribution is 7.17. The van der Waals surface area contributed by atoms with Gasteiger partial charge in [-0.25, -0.2) is 0 Å². The summed E-state index contributed by atoms with van der Waals surface area (Å²) in [5.41, 5.74) is 1.44. The fourth-order valence-electron chi connectivity index (χ4n) is 2.19. The van der Waals surface area contributed by atoms with Gasteiger partial charge in [0.25, 0.3) is 0 Å². The zero-order valence-corrected chi connectivity index (χ0v) is 11.2. The minimum absolute atomic E-state index is 0.681. The second-order valence-corrected chi connectivity index (χ2v) is 6.23. The standard InChI is InChI=1S/C13H18ClNS/c1-10(8-11-4-2-3-7-15-11)9-12-5-6-13(14)16-12/h5-6,9,11,15H,2-4,7-8H2,1H3/b10-9-. The van der Waals surface area contributed by atoms with Gasteiger partial charge in [-0.05, 0) is 50.9 Å². The fourth-order valence-corrected chi connectivity index (χ4v) is 3.28. The van der Waals surface area contributed by atoms with Gasteiger partial charge in [-0.2, -0.15) is 0 Å². The predicted octanol–water partition coefficient (Wildman–Crippen LogP) is 4.34. The topological polar surface area (TPSA) is 12.0 Å². The Balaban J connectivity index is 1.91. The summed E-state index contributed by atoms with van der Waals surface area (Å²) >= 11 is 7.56. The zero-order valence-electron chi connectivity index (χ0n) is 9.63. The first-order chi connectivity index (χ1) is 7.74. The van der Waals surface area contributed by atoms with Crippen LogP contribution in [0.2, 0.25) is 4.34 Å². The molecule has 1 nitrogen and oxygen atoms in total. The van der Waals surface area contributed by atoms with E-state index in [2.05, 4.69) is 24.4 Å². The quantitative estimate of drug-likeness (QED) is 0.847. The van der Waals surface area contributed by atoms with E-state index >= 15 is 0 Å². The van der Waals surface area contributed by atoms with Gasteiger partial charge in [-0.1, -0.05) is 23.6 Å². The second-order valence-electron chi connectivity index (χ2n) is 4.48. The Kier molecular flexibility index (Phi) is 4.45. The minimum Gasteiger partial charge on any atom is -0.314 e. The minimum atomic E-state index is 0.681. The fraction of sp³-hybridized carbons (Fsp3) is 0.538. The number of hydrogen-bond donors (Lipinski definition) is 1. The number of rotatable bonds is 3. The molecule has 2 heterocycles. The van der Waals surface area contributed by atoms with E-state index in [1.54, 1.807) is 11.3 Å². The lowest BCUT2D eigenvalue weighted by molar-refractivity contribution is 0.399. The molecule has 16 heavy (non-hydrogen) atoms. The van der Waals surface area contributed by atoms with E-state index in [9.17, 15) is 0 Å². The van der Waals surface area contributed by atoms with Crippen LogP contribution >= 0.6 is 22.9 Å². The van der Waals surface area contributed by atoms with E-state index in [-0.39, 0.29) is 0 Å². The smallest absolute Gasteiger partial charge is 0.0934 e. The van der Waals surface area contributed by atoms with E-state index in [1.807, 2.05) is 6.07 Å². The van der Waals surface area contributed by atoms with Crippen LogP contribution in [-0.2, 0) is 0 Å². The molecule has 0 spiro atoms. The van der Waals surface area contributed by atoms with Crippen LogP contribution in [0.5, 0.6) is 0 Å². The van der Waals surface area contributed by atoms with Crippen LogP contribution in [-0.4, -0.2) is 12.6 Å². The molecule has 1 aliphatic heterocycles. The highest BCUT2D eigenvalue weighted by atomic mass is 35.5. The molecule has 1 atom stereocenters. The molecule has 0 aromatic carbocycles. The molecule has 1 unspecified atom stereocenters. The summed E-state index contributed by atoms with van der Waals surface area (Å²) in [6, 6.07) is 4.73. The van der Waals surface area contributed by atoms with Crippen molar-refractivity contribution < 1.29 is 0 Å². The predicted molar refractivity (Wildman–Crippen MR) is 73.2 cm³/mol. The summed E-state index contributed by atoms with van der Waals surface area (Å²) in [5.74, 6) is 0. The number of piperidine rings is 1. The molecule has 1 saturated heterocycles. The molecule has 1 fully saturated rings. The van der Waals surface area contributed by atoms with Crippen molar-refractivity contribution in [3.8, 4) is 0 Å². The maximum Gasteiger partial charge on any atom is 0.0934 e. The summed E-state index contributed by atoms with van der Waals surface area (Å²) in [6.07, 6.45) is 7.44. The van der Waals surface area contributed by atoms with Crippen molar-refractivity contribution in [1.29, 1.82) is 0 Å². The molecule has 0 amide bonds. The van der Waals surface area contributed by atoms with E-state index < -0.39 is 0 Å². The van der Waals surface area contributed by atoms with E-state index in [4.69, 9.17) is 11.6 Å². The molecule has 88 valence electrons. The van der Waals surface area contributed by atoms with Crippen molar-refractivity contribution in [3.63, 3.8) is 0 Å². The maximum absolute atomic E-state index is 5.91. The van der Waals surface area contributed by atoms with Gasteiger partial charge in [0, 0.05) is 10.9 Å². The highest BCUT2D eigenvalue weighted by Gasteiger charge is 2.12. The van der Waals surface area contributed by atoms with Crippen molar-refractivity contribution in [1.82, 2.24) is 5.32 Å². The Morgan fingerprint density at radius 2 is 2.44 bits per heavy atom. The molecule has 0 aliphatic carbocycles. The van der Waals surface area contributed by atoms with Crippen molar-refractivity contribution in [2.45, 2.75) is 38.6 Å². The molecule has 3 heteroatoms. The van der Waals surface area contributed by atoms with Crippen LogP contribution in [0.25, 0.3) is 6.08 Å². The highest BCUT2D eigenvalue weighted by Crippen LogP contribution is 2.25. The Bertz CT molecular complexity index is 364. The number of thiophene rings is 1. The van der Waals surface area contributed by atoms with Crippen LogP contribution in [0.4, 0.5) is 0 Å². The molecular formula is C13H18ClNS. The van der Waals surface area contributed by atoms with Crippen molar-refractivity contribution in [3.05, 3.63) is 26.9 Å². The van der Waals surface area contributed by atoms with Gasteiger partial charge in [0.2, 0.25) is 0 Å². The van der Waals surface area contributed by atoms with Gasteiger partial charge in [0.05, 0.1) is 4.34 Å². The molecule has 2 rings (SSSR count). The molecule has 1 aromatic rings. The Morgan fingerprint density at radius 1 is 1.56 bits per heavy atom. The lowest BCUT2D eigenvalue weighted by Gasteiger charge is -2.23. The SMILES string of the molecule is C/C(=C/c1ccc(Cl)s1)CC1CCCCN1. The molecule has 1 aromatic heterocycles. The van der Waals surface area contributed by atoms with Gasteiger partial charge in [-0.15, -0.1) is 11.3 Å². The molecule has 0 bridgehead atoms. The first-order valence-electron chi connectivity index (χ1n) is 5.90. The third-order valence-electron chi connectivity index (χ3n) is 2.96.